The number of aliphatic hydroxyl groups excluding tert-OH is 1. The van der Waals surface area contributed by atoms with E-state index in [-0.39, 0.29) is 18.5 Å². The quantitative estimate of drug-likeness (QED) is 0.626. The third-order valence-corrected chi connectivity index (χ3v) is 3.03. The number of hydrogen-bond donors (Lipinski definition) is 2. The number of hydrogen-bond acceptors (Lipinski definition) is 2. The van der Waals surface area contributed by atoms with E-state index in [2.05, 4.69) is 0 Å². The third-order valence-electron chi connectivity index (χ3n) is 3.03. The normalized spacial score (nSPS) is 48.5. The summed E-state index contributed by atoms with van der Waals surface area (Å²) in [5.74, 6) is 1.67. The molecule has 11 heavy (non-hydrogen) atoms. The molecule has 0 aliphatic heterocycles. The molecule has 2 aliphatic carbocycles. The Hall–Kier alpha value is 0.210. The SMILES string of the molecule is Cl.NC1CC(C2CC(O)C2)C1. The van der Waals surface area contributed by atoms with E-state index in [1.165, 1.54) is 12.8 Å². The second-order valence-electron chi connectivity index (χ2n) is 3.88. The first-order valence-electron chi connectivity index (χ1n) is 4.19. The molecule has 2 fully saturated rings. The minimum absolute atomic E-state index is 0. The van der Waals surface area contributed by atoms with Crippen molar-refractivity contribution >= 4 is 12.4 Å². The lowest BCUT2D eigenvalue weighted by Crippen LogP contribution is -2.45. The summed E-state index contributed by atoms with van der Waals surface area (Å²) in [5.41, 5.74) is 5.66. The Labute approximate surface area is 73.6 Å². The van der Waals surface area contributed by atoms with Crippen molar-refractivity contribution in [1.29, 1.82) is 0 Å². The molecule has 3 heteroatoms. The molecule has 0 radical (unpaired) electrons. The van der Waals surface area contributed by atoms with Gasteiger partial charge in [-0.15, -0.1) is 12.4 Å². The van der Waals surface area contributed by atoms with Gasteiger partial charge < -0.3 is 10.8 Å². The molecular weight excluding hydrogens is 162 g/mol. The first kappa shape index (κ1) is 9.30. The number of rotatable bonds is 1. The van der Waals surface area contributed by atoms with Crippen molar-refractivity contribution in [1.82, 2.24) is 0 Å². The molecule has 2 saturated carbocycles. The van der Waals surface area contributed by atoms with Crippen molar-refractivity contribution in [2.24, 2.45) is 17.6 Å². The average Bonchev–Trinajstić information content (AvgIpc) is 1.74. The molecular formula is C8H16ClNO. The Morgan fingerprint density at radius 2 is 1.45 bits per heavy atom. The van der Waals surface area contributed by atoms with Crippen LogP contribution >= 0.6 is 12.4 Å². The van der Waals surface area contributed by atoms with Crippen molar-refractivity contribution in [3.8, 4) is 0 Å². The van der Waals surface area contributed by atoms with Gasteiger partial charge in [0.2, 0.25) is 0 Å². The molecule has 0 unspecified atom stereocenters. The summed E-state index contributed by atoms with van der Waals surface area (Å²) in [6, 6.07) is 0.475. The van der Waals surface area contributed by atoms with Crippen molar-refractivity contribution in [3.05, 3.63) is 0 Å². The molecule has 0 aromatic heterocycles. The zero-order chi connectivity index (χ0) is 7.14. The molecule has 0 bridgehead atoms. The second kappa shape index (κ2) is 3.30. The van der Waals surface area contributed by atoms with Crippen LogP contribution < -0.4 is 5.73 Å². The van der Waals surface area contributed by atoms with Gasteiger partial charge in [0.25, 0.3) is 0 Å². The molecule has 2 aliphatic rings. The largest absolute Gasteiger partial charge is 0.393 e. The minimum Gasteiger partial charge on any atom is -0.393 e. The van der Waals surface area contributed by atoms with Crippen LogP contribution in [0.25, 0.3) is 0 Å². The van der Waals surface area contributed by atoms with Crippen LogP contribution in [0.4, 0.5) is 0 Å². The van der Waals surface area contributed by atoms with Crippen molar-refractivity contribution in [2.75, 3.05) is 0 Å². The van der Waals surface area contributed by atoms with Gasteiger partial charge in [-0.25, -0.2) is 0 Å². The van der Waals surface area contributed by atoms with Crippen LogP contribution in [-0.2, 0) is 0 Å². The van der Waals surface area contributed by atoms with Crippen LogP contribution in [-0.4, -0.2) is 17.3 Å². The molecule has 0 spiro atoms. The maximum absolute atomic E-state index is 9.02. The lowest BCUT2D eigenvalue weighted by atomic mass is 9.64. The highest BCUT2D eigenvalue weighted by Crippen LogP contribution is 2.43. The molecule has 0 amide bonds. The van der Waals surface area contributed by atoms with Gasteiger partial charge in [0.1, 0.15) is 0 Å². The lowest BCUT2D eigenvalue weighted by molar-refractivity contribution is -0.0115. The van der Waals surface area contributed by atoms with E-state index in [1.54, 1.807) is 0 Å². The van der Waals surface area contributed by atoms with E-state index < -0.39 is 0 Å². The van der Waals surface area contributed by atoms with Crippen molar-refractivity contribution in [2.45, 2.75) is 37.8 Å². The van der Waals surface area contributed by atoms with Gasteiger partial charge in [0.05, 0.1) is 6.10 Å². The minimum atomic E-state index is 0. The molecule has 0 aromatic rings. The third kappa shape index (κ3) is 1.68. The average molecular weight is 178 g/mol. The van der Waals surface area contributed by atoms with Crippen LogP contribution in [0.3, 0.4) is 0 Å². The molecule has 3 N–H and O–H groups in total. The zero-order valence-corrected chi connectivity index (χ0v) is 7.39. The maximum Gasteiger partial charge on any atom is 0.0545 e. The smallest absolute Gasteiger partial charge is 0.0545 e. The molecule has 0 saturated heterocycles. The standard InChI is InChI=1S/C8H15NO.ClH/c9-7-1-5(2-7)6-3-8(10)4-6;/h5-8,10H,1-4,9H2;1H. The van der Waals surface area contributed by atoms with E-state index in [4.69, 9.17) is 10.8 Å². The molecule has 2 rings (SSSR count). The van der Waals surface area contributed by atoms with Gasteiger partial charge in [-0.05, 0) is 37.5 Å². The predicted molar refractivity (Wildman–Crippen MR) is 46.7 cm³/mol. The molecule has 66 valence electrons. The van der Waals surface area contributed by atoms with Crippen LogP contribution in [0.5, 0.6) is 0 Å². The highest BCUT2D eigenvalue weighted by atomic mass is 35.5. The molecule has 2 nitrogen and oxygen atoms in total. The van der Waals surface area contributed by atoms with Gasteiger partial charge in [0, 0.05) is 6.04 Å². The summed E-state index contributed by atoms with van der Waals surface area (Å²) in [4.78, 5) is 0. The van der Waals surface area contributed by atoms with Crippen LogP contribution in [0.15, 0.2) is 0 Å². The monoisotopic (exact) mass is 177 g/mol. The fourth-order valence-corrected chi connectivity index (χ4v) is 2.11. The summed E-state index contributed by atoms with van der Waals surface area (Å²) < 4.78 is 0. The highest BCUT2D eigenvalue weighted by Gasteiger charge is 2.39. The van der Waals surface area contributed by atoms with E-state index in [0.29, 0.717) is 6.04 Å². The Morgan fingerprint density at radius 1 is 1.00 bits per heavy atom. The lowest BCUT2D eigenvalue weighted by Gasteiger charge is -2.45. The van der Waals surface area contributed by atoms with Crippen LogP contribution in [0.1, 0.15) is 25.7 Å². The van der Waals surface area contributed by atoms with Crippen LogP contribution in [0.2, 0.25) is 0 Å². The fourth-order valence-electron chi connectivity index (χ4n) is 2.11. The number of halogens is 1. The van der Waals surface area contributed by atoms with Gasteiger partial charge in [-0.3, -0.25) is 0 Å². The van der Waals surface area contributed by atoms with Gasteiger partial charge in [0.15, 0.2) is 0 Å². The number of aliphatic hydroxyl groups is 1. The Morgan fingerprint density at radius 3 is 1.82 bits per heavy atom. The molecule has 0 heterocycles. The van der Waals surface area contributed by atoms with Crippen LogP contribution in [0, 0.1) is 11.8 Å². The second-order valence-corrected chi connectivity index (χ2v) is 3.88. The van der Waals surface area contributed by atoms with Gasteiger partial charge in [-0.2, -0.15) is 0 Å². The van der Waals surface area contributed by atoms with E-state index in [0.717, 1.165) is 24.7 Å². The molecule has 0 aromatic carbocycles. The van der Waals surface area contributed by atoms with Crippen molar-refractivity contribution in [3.63, 3.8) is 0 Å². The topological polar surface area (TPSA) is 46.2 Å². The fraction of sp³-hybridized carbons (Fsp3) is 1.00. The summed E-state index contributed by atoms with van der Waals surface area (Å²) >= 11 is 0. The van der Waals surface area contributed by atoms with E-state index in [1.807, 2.05) is 0 Å². The summed E-state index contributed by atoms with van der Waals surface area (Å²) in [6.45, 7) is 0. The van der Waals surface area contributed by atoms with Gasteiger partial charge in [-0.1, -0.05) is 0 Å². The van der Waals surface area contributed by atoms with E-state index >= 15 is 0 Å². The Bertz CT molecular complexity index is 114. The Balaban J connectivity index is 0.000000605. The van der Waals surface area contributed by atoms with Gasteiger partial charge >= 0.3 is 0 Å². The zero-order valence-electron chi connectivity index (χ0n) is 6.57. The molecule has 0 atom stereocenters. The summed E-state index contributed by atoms with van der Waals surface area (Å²) in [7, 11) is 0. The van der Waals surface area contributed by atoms with Crippen molar-refractivity contribution < 1.29 is 5.11 Å². The predicted octanol–water partition coefficient (Wildman–Crippen LogP) is 0.916. The van der Waals surface area contributed by atoms with E-state index in [9.17, 15) is 0 Å². The number of nitrogens with two attached hydrogens (primary N) is 1. The maximum atomic E-state index is 9.02. The summed E-state index contributed by atoms with van der Waals surface area (Å²) in [5, 5.41) is 9.02. The first-order chi connectivity index (χ1) is 4.75. The first-order valence-corrected chi connectivity index (χ1v) is 4.19. The Kier molecular flexibility index (Phi) is 2.79. The highest BCUT2D eigenvalue weighted by molar-refractivity contribution is 5.85. The summed E-state index contributed by atoms with van der Waals surface area (Å²) in [6.07, 6.45) is 4.51.